The summed E-state index contributed by atoms with van der Waals surface area (Å²) in [4.78, 5) is 18.0. The molecule has 1 N–H and O–H groups in total. The van der Waals surface area contributed by atoms with Crippen LogP contribution in [-0.2, 0) is 0 Å². The second-order valence-corrected chi connectivity index (χ2v) is 5.99. The molecule has 0 amide bonds. The number of rotatable bonds is 5. The molecule has 0 atom stereocenters. The molecule has 1 fully saturated rings. The topological polar surface area (TPSA) is 75.6 Å². The molecule has 2 heterocycles. The lowest BCUT2D eigenvalue weighted by molar-refractivity contribution is 0.311. The van der Waals surface area contributed by atoms with Crippen LogP contribution in [0.5, 0.6) is 11.5 Å². The lowest BCUT2D eigenvalue weighted by atomic mass is 10.2. The summed E-state index contributed by atoms with van der Waals surface area (Å²) in [5.41, 5.74) is 0.776. The predicted octanol–water partition coefficient (Wildman–Crippen LogP) is 1.69. The summed E-state index contributed by atoms with van der Waals surface area (Å²) in [5, 5.41) is 3.22. The van der Waals surface area contributed by atoms with E-state index in [9.17, 15) is 0 Å². The molecule has 1 aliphatic heterocycles. The number of piperazine rings is 1. The van der Waals surface area contributed by atoms with Crippen LogP contribution < -0.4 is 19.7 Å². The molecule has 0 bridgehead atoms. The van der Waals surface area contributed by atoms with Gasteiger partial charge in [-0.15, -0.1) is 0 Å². The zero-order chi connectivity index (χ0) is 17.8. The molecule has 8 heteroatoms. The van der Waals surface area contributed by atoms with Crippen LogP contribution in [0.15, 0.2) is 18.2 Å². The van der Waals surface area contributed by atoms with Crippen molar-refractivity contribution in [3.63, 3.8) is 0 Å². The molecule has 3 rings (SSSR count). The minimum Gasteiger partial charge on any atom is -0.497 e. The third-order valence-corrected chi connectivity index (χ3v) is 4.18. The van der Waals surface area contributed by atoms with Gasteiger partial charge in [0.25, 0.3) is 0 Å². The van der Waals surface area contributed by atoms with Gasteiger partial charge < -0.3 is 24.6 Å². The summed E-state index contributed by atoms with van der Waals surface area (Å²) >= 11 is 0. The molecule has 0 saturated carbocycles. The highest BCUT2D eigenvalue weighted by Crippen LogP contribution is 2.30. The highest BCUT2D eigenvalue weighted by Gasteiger charge is 2.18. The van der Waals surface area contributed by atoms with Gasteiger partial charge in [-0.2, -0.15) is 15.0 Å². The number of aryl methyl sites for hydroxylation is 1. The molecule has 1 aromatic carbocycles. The van der Waals surface area contributed by atoms with Gasteiger partial charge in [0.2, 0.25) is 11.9 Å². The van der Waals surface area contributed by atoms with Crippen molar-refractivity contribution in [3.8, 4) is 11.5 Å². The van der Waals surface area contributed by atoms with Crippen molar-refractivity contribution < 1.29 is 9.47 Å². The van der Waals surface area contributed by atoms with Crippen molar-refractivity contribution >= 4 is 17.6 Å². The van der Waals surface area contributed by atoms with Gasteiger partial charge in [0.05, 0.1) is 19.9 Å². The minimum atomic E-state index is 0.505. The Labute approximate surface area is 147 Å². The highest BCUT2D eigenvalue weighted by molar-refractivity contribution is 5.64. The molecular formula is C17H24N6O2. The molecule has 1 saturated heterocycles. The molecular weight excluding hydrogens is 320 g/mol. The van der Waals surface area contributed by atoms with Crippen LogP contribution >= 0.6 is 0 Å². The van der Waals surface area contributed by atoms with Crippen molar-refractivity contribution in [1.29, 1.82) is 0 Å². The summed E-state index contributed by atoms with van der Waals surface area (Å²) in [5.74, 6) is 3.28. The Hall–Kier alpha value is -2.61. The van der Waals surface area contributed by atoms with Crippen LogP contribution in [0.3, 0.4) is 0 Å². The van der Waals surface area contributed by atoms with Crippen LogP contribution in [0, 0.1) is 6.92 Å². The third kappa shape index (κ3) is 4.08. The maximum atomic E-state index is 5.42. The van der Waals surface area contributed by atoms with Crippen molar-refractivity contribution in [1.82, 2.24) is 19.9 Å². The first kappa shape index (κ1) is 17.2. The lowest BCUT2D eigenvalue weighted by Gasteiger charge is -2.32. The standard InChI is InChI=1S/C17H24N6O2/c1-12-18-16(20-14-6-5-13(24-3)11-15(14)25-4)21-17(19-12)23-9-7-22(2)8-10-23/h5-6,11H,7-10H2,1-4H3,(H,18,19,20,21). The van der Waals surface area contributed by atoms with Crippen molar-refractivity contribution in [2.24, 2.45) is 0 Å². The van der Waals surface area contributed by atoms with Gasteiger partial charge in [0, 0.05) is 32.2 Å². The highest BCUT2D eigenvalue weighted by atomic mass is 16.5. The van der Waals surface area contributed by atoms with E-state index >= 15 is 0 Å². The fraction of sp³-hybridized carbons (Fsp3) is 0.471. The van der Waals surface area contributed by atoms with E-state index in [1.807, 2.05) is 25.1 Å². The monoisotopic (exact) mass is 344 g/mol. The first-order valence-corrected chi connectivity index (χ1v) is 8.24. The normalized spacial score (nSPS) is 15.1. The van der Waals surface area contributed by atoms with E-state index in [4.69, 9.17) is 9.47 Å². The average Bonchev–Trinajstić information content (AvgIpc) is 2.62. The number of likely N-dealkylation sites (N-methyl/N-ethyl adjacent to an activating group) is 1. The molecule has 0 radical (unpaired) electrons. The van der Waals surface area contributed by atoms with E-state index in [2.05, 4.69) is 37.1 Å². The number of ether oxygens (including phenoxy) is 2. The zero-order valence-corrected chi connectivity index (χ0v) is 15.1. The van der Waals surface area contributed by atoms with Gasteiger partial charge in [-0.05, 0) is 26.1 Å². The number of benzene rings is 1. The Morgan fingerprint density at radius 2 is 1.76 bits per heavy atom. The van der Waals surface area contributed by atoms with Crippen LogP contribution in [0.1, 0.15) is 5.82 Å². The van der Waals surface area contributed by atoms with Gasteiger partial charge in [-0.25, -0.2) is 0 Å². The SMILES string of the molecule is COc1ccc(Nc2nc(C)nc(N3CCN(C)CC3)n2)c(OC)c1. The maximum absolute atomic E-state index is 5.42. The van der Waals surface area contributed by atoms with Crippen molar-refractivity contribution in [2.45, 2.75) is 6.92 Å². The van der Waals surface area contributed by atoms with E-state index in [1.54, 1.807) is 14.2 Å². The maximum Gasteiger partial charge on any atom is 0.232 e. The number of nitrogens with zero attached hydrogens (tertiary/aromatic N) is 5. The molecule has 8 nitrogen and oxygen atoms in total. The summed E-state index contributed by atoms with van der Waals surface area (Å²) in [6, 6.07) is 5.56. The first-order chi connectivity index (χ1) is 12.1. The van der Waals surface area contributed by atoms with Crippen molar-refractivity contribution in [2.75, 3.05) is 57.7 Å². The molecule has 134 valence electrons. The quantitative estimate of drug-likeness (QED) is 0.878. The smallest absolute Gasteiger partial charge is 0.232 e. The van der Waals surface area contributed by atoms with Crippen LogP contribution in [0.2, 0.25) is 0 Å². The van der Waals surface area contributed by atoms with E-state index in [1.165, 1.54) is 0 Å². The van der Waals surface area contributed by atoms with Gasteiger partial charge in [-0.3, -0.25) is 0 Å². The van der Waals surface area contributed by atoms with E-state index in [0.717, 1.165) is 37.6 Å². The molecule has 1 aromatic heterocycles. The van der Waals surface area contributed by atoms with Crippen LogP contribution in [0.4, 0.5) is 17.6 Å². The Morgan fingerprint density at radius 3 is 2.44 bits per heavy atom. The second kappa shape index (κ2) is 7.52. The van der Waals surface area contributed by atoms with Gasteiger partial charge in [0.15, 0.2) is 0 Å². The van der Waals surface area contributed by atoms with Gasteiger partial charge >= 0.3 is 0 Å². The fourth-order valence-corrected chi connectivity index (χ4v) is 2.69. The largest absolute Gasteiger partial charge is 0.497 e. The Morgan fingerprint density at radius 1 is 1.00 bits per heavy atom. The number of hydrogen-bond acceptors (Lipinski definition) is 8. The number of anilines is 3. The summed E-state index contributed by atoms with van der Waals surface area (Å²) in [6.45, 7) is 5.69. The Kier molecular flexibility index (Phi) is 5.18. The zero-order valence-electron chi connectivity index (χ0n) is 15.1. The summed E-state index contributed by atoms with van der Waals surface area (Å²) in [7, 11) is 5.37. The minimum absolute atomic E-state index is 0.505. The first-order valence-electron chi connectivity index (χ1n) is 8.24. The number of aromatic nitrogens is 3. The molecule has 2 aromatic rings. The molecule has 0 aliphatic carbocycles. The Balaban J connectivity index is 1.83. The molecule has 0 unspecified atom stereocenters. The molecule has 25 heavy (non-hydrogen) atoms. The van der Waals surface area contributed by atoms with Crippen LogP contribution in [0.25, 0.3) is 0 Å². The summed E-state index contributed by atoms with van der Waals surface area (Å²) in [6.07, 6.45) is 0. The van der Waals surface area contributed by atoms with E-state index < -0.39 is 0 Å². The van der Waals surface area contributed by atoms with E-state index in [-0.39, 0.29) is 0 Å². The Bertz CT molecular complexity index is 731. The van der Waals surface area contributed by atoms with Gasteiger partial charge in [0.1, 0.15) is 17.3 Å². The molecule has 1 aliphatic rings. The summed E-state index contributed by atoms with van der Waals surface area (Å²) < 4.78 is 10.6. The number of methoxy groups -OCH3 is 2. The third-order valence-electron chi connectivity index (χ3n) is 4.18. The number of hydrogen-bond donors (Lipinski definition) is 1. The van der Waals surface area contributed by atoms with Gasteiger partial charge in [-0.1, -0.05) is 0 Å². The predicted molar refractivity (Wildman–Crippen MR) is 97.1 cm³/mol. The van der Waals surface area contributed by atoms with Crippen molar-refractivity contribution in [3.05, 3.63) is 24.0 Å². The lowest BCUT2D eigenvalue weighted by Crippen LogP contribution is -2.45. The second-order valence-electron chi connectivity index (χ2n) is 5.99. The van der Waals surface area contributed by atoms with Crippen LogP contribution in [-0.4, -0.2) is 67.3 Å². The molecule has 0 spiro atoms. The number of nitrogens with one attached hydrogen (secondary N) is 1. The fourth-order valence-electron chi connectivity index (χ4n) is 2.69. The average molecular weight is 344 g/mol. The van der Waals surface area contributed by atoms with E-state index in [0.29, 0.717) is 23.5 Å².